The largest absolute Gasteiger partial charge is 0.468 e. The van der Waals surface area contributed by atoms with Crippen LogP contribution < -0.4 is 11.1 Å². The number of nitrogens with zero attached hydrogens (tertiary/aromatic N) is 1. The van der Waals surface area contributed by atoms with Gasteiger partial charge in [0.1, 0.15) is 12.6 Å². The highest BCUT2D eigenvalue weighted by atomic mass is 16.5. The molecule has 28 heavy (non-hydrogen) atoms. The summed E-state index contributed by atoms with van der Waals surface area (Å²) in [6.07, 6.45) is 0. The van der Waals surface area contributed by atoms with Gasteiger partial charge < -0.3 is 15.0 Å². The van der Waals surface area contributed by atoms with Gasteiger partial charge in [0.2, 0.25) is 5.91 Å². The first kappa shape index (κ1) is 19.6. The molecule has 0 saturated heterocycles. The minimum absolute atomic E-state index is 0.116. The zero-order valence-corrected chi connectivity index (χ0v) is 16.4. The van der Waals surface area contributed by atoms with Crippen molar-refractivity contribution in [1.82, 2.24) is 9.88 Å². The van der Waals surface area contributed by atoms with Gasteiger partial charge in [-0.3, -0.25) is 10.1 Å². The molecule has 0 saturated carbocycles. The van der Waals surface area contributed by atoms with Crippen LogP contribution in [-0.4, -0.2) is 23.6 Å². The van der Waals surface area contributed by atoms with Gasteiger partial charge >= 0.3 is 5.97 Å². The first-order valence-electron chi connectivity index (χ1n) is 9.15. The van der Waals surface area contributed by atoms with Crippen LogP contribution >= 0.6 is 0 Å². The van der Waals surface area contributed by atoms with E-state index in [1.807, 2.05) is 66.9 Å². The van der Waals surface area contributed by atoms with Crippen LogP contribution in [0.15, 0.2) is 48.5 Å². The van der Waals surface area contributed by atoms with Gasteiger partial charge in [0.25, 0.3) is 0 Å². The fourth-order valence-electron chi connectivity index (χ4n) is 3.59. The van der Waals surface area contributed by atoms with E-state index in [9.17, 15) is 9.59 Å². The predicted molar refractivity (Wildman–Crippen MR) is 109 cm³/mol. The van der Waals surface area contributed by atoms with E-state index >= 15 is 0 Å². The van der Waals surface area contributed by atoms with Gasteiger partial charge in [0, 0.05) is 23.1 Å². The zero-order chi connectivity index (χ0) is 20.3. The Balaban J connectivity index is 1.96. The van der Waals surface area contributed by atoms with Crippen molar-refractivity contribution >= 4 is 22.8 Å². The van der Waals surface area contributed by atoms with E-state index in [1.54, 1.807) is 0 Å². The SMILES string of the molecule is COC(=O)[C@@H](NCc1c(C)n(CC(N)=O)c2ccccc12)c1cccc(C)c1. The van der Waals surface area contributed by atoms with E-state index in [0.717, 1.165) is 33.3 Å². The Morgan fingerprint density at radius 2 is 1.89 bits per heavy atom. The molecule has 0 aliphatic carbocycles. The molecule has 6 heteroatoms. The number of carbonyl (C=O) groups is 2. The first-order valence-corrected chi connectivity index (χ1v) is 9.15. The quantitative estimate of drug-likeness (QED) is 0.618. The van der Waals surface area contributed by atoms with Gasteiger partial charge in [-0.2, -0.15) is 0 Å². The number of methoxy groups -OCH3 is 1. The summed E-state index contributed by atoms with van der Waals surface area (Å²) in [6.45, 7) is 4.51. The van der Waals surface area contributed by atoms with Gasteiger partial charge in [-0.05, 0) is 31.0 Å². The molecule has 3 rings (SSSR count). The number of aromatic nitrogens is 1. The summed E-state index contributed by atoms with van der Waals surface area (Å²) in [6, 6.07) is 15.1. The Hall–Kier alpha value is -3.12. The smallest absolute Gasteiger partial charge is 0.327 e. The molecule has 0 fully saturated rings. The number of primary amides is 1. The van der Waals surface area contributed by atoms with Crippen LogP contribution in [0, 0.1) is 13.8 Å². The van der Waals surface area contributed by atoms with Crippen LogP contribution in [0.4, 0.5) is 0 Å². The van der Waals surface area contributed by atoms with Gasteiger partial charge in [-0.25, -0.2) is 4.79 Å². The fourth-order valence-corrected chi connectivity index (χ4v) is 3.59. The Labute approximate surface area is 164 Å². The number of aryl methyl sites for hydroxylation is 1. The standard InChI is InChI=1S/C22H25N3O3/c1-14-7-6-8-16(11-14)21(22(27)28-3)24-12-18-15(2)25(13-20(23)26)19-10-5-4-9-17(18)19/h4-11,21,24H,12-13H2,1-3H3,(H2,23,26)/t21-/m0/s1. The third kappa shape index (κ3) is 3.92. The second-order valence-corrected chi connectivity index (χ2v) is 6.88. The zero-order valence-electron chi connectivity index (χ0n) is 16.4. The maximum atomic E-state index is 12.4. The molecule has 1 heterocycles. The fraction of sp³-hybridized carbons (Fsp3) is 0.273. The van der Waals surface area contributed by atoms with Crippen molar-refractivity contribution in [2.75, 3.05) is 7.11 Å². The molecule has 3 N–H and O–H groups in total. The van der Waals surface area contributed by atoms with E-state index in [4.69, 9.17) is 10.5 Å². The molecule has 1 amide bonds. The summed E-state index contributed by atoms with van der Waals surface area (Å²) in [7, 11) is 1.39. The normalized spacial score (nSPS) is 12.1. The molecule has 146 valence electrons. The number of hydrogen-bond donors (Lipinski definition) is 2. The molecule has 1 atom stereocenters. The minimum Gasteiger partial charge on any atom is -0.468 e. The minimum atomic E-state index is -0.581. The summed E-state index contributed by atoms with van der Waals surface area (Å²) in [5.41, 5.74) is 10.3. The Morgan fingerprint density at radius 1 is 1.14 bits per heavy atom. The molecule has 2 aromatic carbocycles. The van der Waals surface area contributed by atoms with Crippen LogP contribution in [0.5, 0.6) is 0 Å². The van der Waals surface area contributed by atoms with Crippen LogP contribution in [-0.2, 0) is 27.4 Å². The Morgan fingerprint density at radius 3 is 2.57 bits per heavy atom. The number of amides is 1. The van der Waals surface area contributed by atoms with E-state index in [2.05, 4.69) is 5.32 Å². The number of carbonyl (C=O) groups excluding carboxylic acids is 2. The van der Waals surface area contributed by atoms with Crippen molar-refractivity contribution in [3.05, 3.63) is 70.9 Å². The van der Waals surface area contributed by atoms with Crippen LogP contribution in [0.1, 0.15) is 28.4 Å². The topological polar surface area (TPSA) is 86.3 Å². The second-order valence-electron chi connectivity index (χ2n) is 6.88. The number of nitrogens with one attached hydrogen (secondary N) is 1. The lowest BCUT2D eigenvalue weighted by atomic mass is 10.0. The molecule has 3 aromatic rings. The van der Waals surface area contributed by atoms with Gasteiger partial charge in [-0.15, -0.1) is 0 Å². The van der Waals surface area contributed by atoms with Crippen molar-refractivity contribution in [2.45, 2.75) is 33.0 Å². The monoisotopic (exact) mass is 379 g/mol. The number of hydrogen-bond acceptors (Lipinski definition) is 4. The van der Waals surface area contributed by atoms with Crippen LogP contribution in [0.2, 0.25) is 0 Å². The molecule has 6 nitrogen and oxygen atoms in total. The van der Waals surface area contributed by atoms with Crippen molar-refractivity contribution < 1.29 is 14.3 Å². The highest BCUT2D eigenvalue weighted by Crippen LogP contribution is 2.27. The first-order chi connectivity index (χ1) is 13.4. The summed E-state index contributed by atoms with van der Waals surface area (Å²) in [4.78, 5) is 23.9. The Bertz CT molecular complexity index is 1020. The van der Waals surface area contributed by atoms with Gasteiger partial charge in [0.15, 0.2) is 0 Å². The lowest BCUT2D eigenvalue weighted by Gasteiger charge is -2.18. The molecule has 0 aliphatic heterocycles. The maximum Gasteiger partial charge on any atom is 0.327 e. The summed E-state index contributed by atoms with van der Waals surface area (Å²) in [5.74, 6) is -0.736. The third-order valence-corrected chi connectivity index (χ3v) is 4.97. The van der Waals surface area contributed by atoms with Crippen molar-refractivity contribution in [1.29, 1.82) is 0 Å². The van der Waals surface area contributed by atoms with Crippen LogP contribution in [0.25, 0.3) is 10.9 Å². The van der Waals surface area contributed by atoms with E-state index in [1.165, 1.54) is 7.11 Å². The summed E-state index contributed by atoms with van der Waals surface area (Å²) in [5, 5.41) is 4.36. The number of nitrogens with two attached hydrogens (primary N) is 1. The average molecular weight is 379 g/mol. The number of ether oxygens (including phenoxy) is 1. The van der Waals surface area contributed by atoms with E-state index < -0.39 is 11.9 Å². The molecule has 0 spiro atoms. The Kier molecular flexibility index (Phi) is 5.80. The molecule has 1 aromatic heterocycles. The van der Waals surface area contributed by atoms with E-state index in [0.29, 0.717) is 6.54 Å². The predicted octanol–water partition coefficient (Wildman–Crippen LogP) is 2.75. The number of benzene rings is 2. The van der Waals surface area contributed by atoms with E-state index in [-0.39, 0.29) is 12.5 Å². The second kappa shape index (κ2) is 8.27. The van der Waals surface area contributed by atoms with Crippen molar-refractivity contribution in [3.8, 4) is 0 Å². The molecule has 0 radical (unpaired) electrons. The molecular weight excluding hydrogens is 354 g/mol. The molecule has 0 unspecified atom stereocenters. The molecular formula is C22H25N3O3. The maximum absolute atomic E-state index is 12.4. The van der Waals surface area contributed by atoms with Gasteiger partial charge in [0.05, 0.1) is 7.11 Å². The van der Waals surface area contributed by atoms with Crippen LogP contribution in [0.3, 0.4) is 0 Å². The molecule has 0 aliphatic rings. The number of rotatable bonds is 7. The third-order valence-electron chi connectivity index (χ3n) is 4.97. The van der Waals surface area contributed by atoms with Crippen molar-refractivity contribution in [2.24, 2.45) is 5.73 Å². The molecule has 0 bridgehead atoms. The summed E-state index contributed by atoms with van der Waals surface area (Å²) >= 11 is 0. The summed E-state index contributed by atoms with van der Waals surface area (Å²) < 4.78 is 6.91. The number of fused-ring (bicyclic) bond motifs is 1. The lowest BCUT2D eigenvalue weighted by molar-refractivity contribution is -0.143. The number of para-hydroxylation sites is 1. The average Bonchev–Trinajstić information content (AvgIpc) is 2.93. The lowest BCUT2D eigenvalue weighted by Crippen LogP contribution is -2.29. The highest BCUT2D eigenvalue weighted by Gasteiger charge is 2.23. The van der Waals surface area contributed by atoms with Gasteiger partial charge in [-0.1, -0.05) is 48.0 Å². The van der Waals surface area contributed by atoms with Crippen molar-refractivity contribution in [3.63, 3.8) is 0 Å². The number of esters is 1. The highest BCUT2D eigenvalue weighted by molar-refractivity contribution is 5.87.